The zero-order valence-electron chi connectivity index (χ0n) is 9.94. The number of hydrogen-bond acceptors (Lipinski definition) is 1. The quantitative estimate of drug-likeness (QED) is 0.569. The summed E-state index contributed by atoms with van der Waals surface area (Å²) in [5.74, 6) is 0. The van der Waals surface area contributed by atoms with Gasteiger partial charge in [0.05, 0.1) is 0 Å². The van der Waals surface area contributed by atoms with E-state index >= 15 is 0 Å². The van der Waals surface area contributed by atoms with E-state index in [1.165, 1.54) is 64.8 Å². The summed E-state index contributed by atoms with van der Waals surface area (Å²) >= 11 is 0. The van der Waals surface area contributed by atoms with E-state index in [-0.39, 0.29) is 0 Å². The van der Waals surface area contributed by atoms with Crippen LogP contribution in [0.15, 0.2) is 0 Å². The molecule has 0 radical (unpaired) electrons. The molecule has 0 atom stereocenters. The molecule has 82 valence electrons. The fourth-order valence-corrected chi connectivity index (χ4v) is 1.38. The normalized spacial score (nSPS) is 9.23. The van der Waals surface area contributed by atoms with E-state index in [2.05, 4.69) is 19.6 Å². The fraction of sp³-hybridized carbons (Fsp3) is 1.00. The molecule has 1 nitrogen and oxygen atoms in total. The third kappa shape index (κ3) is 18.7. The monoisotopic (exact) mass is 187 g/mol. The lowest BCUT2D eigenvalue weighted by atomic mass is 10.1. The van der Waals surface area contributed by atoms with Gasteiger partial charge in [0.2, 0.25) is 0 Å². The highest BCUT2D eigenvalue weighted by molar-refractivity contribution is 4.44. The third-order valence-electron chi connectivity index (χ3n) is 2.21. The molecule has 0 saturated carbocycles. The molecular formula is C12H29N. The van der Waals surface area contributed by atoms with Gasteiger partial charge in [-0.2, -0.15) is 0 Å². The van der Waals surface area contributed by atoms with Crippen LogP contribution in [0.3, 0.4) is 0 Å². The Hall–Kier alpha value is -0.0400. The van der Waals surface area contributed by atoms with Crippen LogP contribution in [0.1, 0.15) is 71.6 Å². The highest BCUT2D eigenvalue weighted by atomic mass is 14.4. The van der Waals surface area contributed by atoms with Gasteiger partial charge >= 0.3 is 0 Å². The molecule has 0 aromatic carbocycles. The first-order valence-corrected chi connectivity index (χ1v) is 5.99. The summed E-state index contributed by atoms with van der Waals surface area (Å²) in [6.07, 6.45) is 13.0. The molecule has 2 N–H and O–H groups in total. The van der Waals surface area contributed by atoms with Gasteiger partial charge < -0.3 is 5.73 Å². The van der Waals surface area contributed by atoms with Gasteiger partial charge in [-0.25, -0.2) is 0 Å². The summed E-state index contributed by atoms with van der Waals surface area (Å²) in [6, 6.07) is 0. The van der Waals surface area contributed by atoms with E-state index in [1.54, 1.807) is 0 Å². The molecule has 0 aliphatic rings. The maximum absolute atomic E-state index is 4.50. The summed E-state index contributed by atoms with van der Waals surface area (Å²) in [5, 5.41) is 0. The topological polar surface area (TPSA) is 26.0 Å². The number of nitrogens with two attached hydrogens (primary N) is 1. The molecule has 0 bridgehead atoms. The highest BCUT2D eigenvalue weighted by Crippen LogP contribution is 2.08. The van der Waals surface area contributed by atoms with Crippen molar-refractivity contribution >= 4 is 0 Å². The van der Waals surface area contributed by atoms with Crippen LogP contribution >= 0.6 is 0 Å². The summed E-state index contributed by atoms with van der Waals surface area (Å²) in [6.45, 7) is 4.55. The molecule has 0 aliphatic heterocycles. The zero-order valence-corrected chi connectivity index (χ0v) is 9.94. The highest BCUT2D eigenvalue weighted by Gasteiger charge is 1.88. The van der Waals surface area contributed by atoms with Crippen LogP contribution in [-0.4, -0.2) is 7.05 Å². The van der Waals surface area contributed by atoms with Crippen LogP contribution in [0, 0.1) is 0 Å². The van der Waals surface area contributed by atoms with Crippen molar-refractivity contribution in [1.29, 1.82) is 0 Å². The standard InChI is InChI=1S/C11H24.CH5N/c1-3-5-7-9-11-10-8-6-4-2;1-2/h3-11H2,1-2H3;2H2,1H3. The maximum atomic E-state index is 4.50. The van der Waals surface area contributed by atoms with E-state index < -0.39 is 0 Å². The van der Waals surface area contributed by atoms with Crippen LogP contribution in [0.5, 0.6) is 0 Å². The zero-order chi connectivity index (χ0) is 10.4. The fourth-order valence-electron chi connectivity index (χ4n) is 1.38. The SMILES string of the molecule is CCCCCCCCCCC.CN. The molecule has 1 heteroatoms. The van der Waals surface area contributed by atoms with Gasteiger partial charge in [-0.15, -0.1) is 0 Å². The molecule has 13 heavy (non-hydrogen) atoms. The number of unbranched alkanes of at least 4 members (excludes halogenated alkanes) is 8. The van der Waals surface area contributed by atoms with Gasteiger partial charge in [0.15, 0.2) is 0 Å². The average Bonchev–Trinajstić information content (AvgIpc) is 2.20. The first kappa shape index (κ1) is 15.4. The lowest BCUT2D eigenvalue weighted by Crippen LogP contribution is -1.79. The Labute approximate surface area is 85.1 Å². The summed E-state index contributed by atoms with van der Waals surface area (Å²) < 4.78 is 0. The minimum Gasteiger partial charge on any atom is -0.333 e. The van der Waals surface area contributed by atoms with E-state index in [4.69, 9.17) is 0 Å². The predicted molar refractivity (Wildman–Crippen MR) is 63.0 cm³/mol. The van der Waals surface area contributed by atoms with Crippen LogP contribution in [0.2, 0.25) is 0 Å². The van der Waals surface area contributed by atoms with Gasteiger partial charge in [0.25, 0.3) is 0 Å². The maximum Gasteiger partial charge on any atom is -0.0195 e. The average molecular weight is 187 g/mol. The van der Waals surface area contributed by atoms with Crippen LogP contribution in [-0.2, 0) is 0 Å². The Bertz CT molecular complexity index is 54.1. The second-order valence-electron chi connectivity index (χ2n) is 3.47. The van der Waals surface area contributed by atoms with Crippen molar-refractivity contribution in [1.82, 2.24) is 0 Å². The van der Waals surface area contributed by atoms with Gasteiger partial charge in [-0.1, -0.05) is 71.6 Å². The predicted octanol–water partition coefficient (Wildman–Crippen LogP) is 4.11. The molecule has 0 spiro atoms. The van der Waals surface area contributed by atoms with E-state index in [9.17, 15) is 0 Å². The number of rotatable bonds is 8. The summed E-state index contributed by atoms with van der Waals surface area (Å²) in [4.78, 5) is 0. The minimum atomic E-state index is 1.37. The molecular weight excluding hydrogens is 158 g/mol. The number of hydrogen-bond donors (Lipinski definition) is 1. The summed E-state index contributed by atoms with van der Waals surface area (Å²) in [7, 11) is 1.50. The molecule has 0 aromatic rings. The Balaban J connectivity index is 0. The second-order valence-corrected chi connectivity index (χ2v) is 3.47. The smallest absolute Gasteiger partial charge is 0.0195 e. The first-order valence-electron chi connectivity index (χ1n) is 5.99. The summed E-state index contributed by atoms with van der Waals surface area (Å²) in [5.41, 5.74) is 4.50. The second kappa shape index (κ2) is 17.9. The van der Waals surface area contributed by atoms with Crippen molar-refractivity contribution in [2.75, 3.05) is 7.05 Å². The van der Waals surface area contributed by atoms with Gasteiger partial charge in [-0.3, -0.25) is 0 Å². The molecule has 0 aromatic heterocycles. The first-order chi connectivity index (χ1) is 6.41. The Morgan fingerprint density at radius 3 is 1.00 bits per heavy atom. The van der Waals surface area contributed by atoms with Crippen LogP contribution in [0.25, 0.3) is 0 Å². The van der Waals surface area contributed by atoms with Crippen LogP contribution < -0.4 is 5.73 Å². The molecule has 0 amide bonds. The van der Waals surface area contributed by atoms with Crippen molar-refractivity contribution in [3.05, 3.63) is 0 Å². The Kier molecular flexibility index (Phi) is 21.2. The largest absolute Gasteiger partial charge is 0.333 e. The van der Waals surface area contributed by atoms with Crippen molar-refractivity contribution < 1.29 is 0 Å². The van der Waals surface area contributed by atoms with E-state index in [0.29, 0.717) is 0 Å². The Morgan fingerprint density at radius 1 is 0.538 bits per heavy atom. The molecule has 0 aliphatic carbocycles. The van der Waals surface area contributed by atoms with E-state index in [0.717, 1.165) is 0 Å². The van der Waals surface area contributed by atoms with Gasteiger partial charge in [-0.05, 0) is 7.05 Å². The lowest BCUT2D eigenvalue weighted by molar-refractivity contribution is 0.572. The third-order valence-corrected chi connectivity index (χ3v) is 2.21. The molecule has 0 unspecified atom stereocenters. The molecule has 0 heterocycles. The lowest BCUT2D eigenvalue weighted by Gasteiger charge is -1.98. The van der Waals surface area contributed by atoms with Crippen molar-refractivity contribution in [3.8, 4) is 0 Å². The van der Waals surface area contributed by atoms with Gasteiger partial charge in [0, 0.05) is 0 Å². The van der Waals surface area contributed by atoms with E-state index in [1.807, 2.05) is 0 Å². The van der Waals surface area contributed by atoms with Crippen LogP contribution in [0.4, 0.5) is 0 Å². The molecule has 0 fully saturated rings. The van der Waals surface area contributed by atoms with Crippen molar-refractivity contribution in [3.63, 3.8) is 0 Å². The molecule has 0 rings (SSSR count). The van der Waals surface area contributed by atoms with Gasteiger partial charge in [0.1, 0.15) is 0 Å². The van der Waals surface area contributed by atoms with Crippen molar-refractivity contribution in [2.24, 2.45) is 5.73 Å². The molecule has 0 saturated heterocycles. The Morgan fingerprint density at radius 2 is 0.769 bits per heavy atom. The minimum absolute atomic E-state index is 1.37. The van der Waals surface area contributed by atoms with Crippen molar-refractivity contribution in [2.45, 2.75) is 71.6 Å².